The van der Waals surface area contributed by atoms with E-state index in [9.17, 15) is 9.59 Å². The summed E-state index contributed by atoms with van der Waals surface area (Å²) in [5.74, 6) is -0.833. The molecular weight excluding hydrogens is 135 g/mol. The first-order chi connectivity index (χ1) is 2.79. The summed E-state index contributed by atoms with van der Waals surface area (Å²) in [6.07, 6.45) is -0.0278. The molecule has 1 saturated heterocycles. The van der Waals surface area contributed by atoms with Gasteiger partial charge in [-0.25, -0.2) is 0 Å². The molecule has 1 rings (SSSR count). The van der Waals surface area contributed by atoms with Crippen LogP contribution in [0.25, 0.3) is 0 Å². The summed E-state index contributed by atoms with van der Waals surface area (Å²) in [4.78, 5) is 19.3. The topological polar surface area (TPSA) is 43.4 Å². The van der Waals surface area contributed by atoms with E-state index < -0.39 is 11.9 Å². The van der Waals surface area contributed by atoms with E-state index in [2.05, 4.69) is 4.74 Å². The standard InChI is InChI=1S/C3H2O3.V/c4-2-1-3(5)6-2;/h1H2;. The minimum Gasteiger partial charge on any atom is -0.392 e. The third-order valence-electron chi connectivity index (χ3n) is 0.516. The number of cyclic esters (lactones) is 2. The maximum absolute atomic E-state index is 9.67. The SMILES string of the molecule is O=C1CC(=O)O1.[V]. The Morgan fingerprint density at radius 3 is 1.57 bits per heavy atom. The molecule has 1 radical (unpaired) electrons. The van der Waals surface area contributed by atoms with E-state index in [1.807, 2.05) is 0 Å². The van der Waals surface area contributed by atoms with Crippen LogP contribution in [-0.2, 0) is 32.9 Å². The Bertz CT molecular complexity index is 86.7. The van der Waals surface area contributed by atoms with Crippen LogP contribution in [0.1, 0.15) is 6.42 Å². The van der Waals surface area contributed by atoms with Gasteiger partial charge >= 0.3 is 11.9 Å². The second-order valence-electron chi connectivity index (χ2n) is 1.02. The first kappa shape index (κ1) is 6.72. The molecule has 0 unspecified atom stereocenters. The van der Waals surface area contributed by atoms with Crippen molar-refractivity contribution in [2.24, 2.45) is 0 Å². The van der Waals surface area contributed by atoms with Crippen molar-refractivity contribution in [3.63, 3.8) is 0 Å². The van der Waals surface area contributed by atoms with Crippen molar-refractivity contribution in [2.75, 3.05) is 0 Å². The van der Waals surface area contributed by atoms with Gasteiger partial charge in [-0.05, 0) is 0 Å². The van der Waals surface area contributed by atoms with Gasteiger partial charge in [0.05, 0.1) is 0 Å². The van der Waals surface area contributed by atoms with E-state index in [1.54, 1.807) is 0 Å². The summed E-state index contributed by atoms with van der Waals surface area (Å²) in [5.41, 5.74) is 0. The van der Waals surface area contributed by atoms with Gasteiger partial charge < -0.3 is 4.74 Å². The summed E-state index contributed by atoms with van der Waals surface area (Å²) in [6, 6.07) is 0. The Kier molecular flexibility index (Phi) is 2.06. The number of hydrogen-bond acceptors (Lipinski definition) is 3. The molecule has 7 heavy (non-hydrogen) atoms. The number of ether oxygens (including phenoxy) is 1. The monoisotopic (exact) mass is 137 g/mol. The molecule has 1 fully saturated rings. The molecule has 37 valence electrons. The van der Waals surface area contributed by atoms with Crippen molar-refractivity contribution in [3.05, 3.63) is 0 Å². The molecule has 3 nitrogen and oxygen atoms in total. The van der Waals surface area contributed by atoms with Crippen LogP contribution in [0.15, 0.2) is 0 Å². The molecule has 0 aromatic heterocycles. The largest absolute Gasteiger partial charge is 0.392 e. The second kappa shape index (κ2) is 2.14. The predicted octanol–water partition coefficient (Wildman–Crippen LogP) is -0.543. The smallest absolute Gasteiger partial charge is 0.324 e. The van der Waals surface area contributed by atoms with E-state index >= 15 is 0 Å². The summed E-state index contributed by atoms with van der Waals surface area (Å²) in [5, 5.41) is 0. The number of rotatable bonds is 0. The van der Waals surface area contributed by atoms with Crippen LogP contribution < -0.4 is 0 Å². The normalized spacial score (nSPS) is 16.6. The van der Waals surface area contributed by atoms with Crippen molar-refractivity contribution in [2.45, 2.75) is 6.42 Å². The molecule has 0 aliphatic carbocycles. The van der Waals surface area contributed by atoms with Gasteiger partial charge in [-0.3, -0.25) is 9.59 Å². The summed E-state index contributed by atoms with van der Waals surface area (Å²) in [7, 11) is 0. The van der Waals surface area contributed by atoms with Crippen molar-refractivity contribution >= 4 is 11.9 Å². The zero-order chi connectivity index (χ0) is 4.57. The van der Waals surface area contributed by atoms with Gasteiger partial charge in [0.15, 0.2) is 0 Å². The maximum Gasteiger partial charge on any atom is 0.324 e. The summed E-state index contributed by atoms with van der Waals surface area (Å²) < 4.78 is 3.86. The van der Waals surface area contributed by atoms with Crippen molar-refractivity contribution in [1.29, 1.82) is 0 Å². The minimum atomic E-state index is -0.417. The zero-order valence-corrected chi connectivity index (χ0v) is 4.78. The van der Waals surface area contributed by atoms with Gasteiger partial charge in [0.25, 0.3) is 0 Å². The van der Waals surface area contributed by atoms with Gasteiger partial charge in [-0.15, -0.1) is 0 Å². The minimum absolute atomic E-state index is 0. The zero-order valence-electron chi connectivity index (χ0n) is 3.38. The van der Waals surface area contributed by atoms with Crippen LogP contribution in [0, 0.1) is 0 Å². The van der Waals surface area contributed by atoms with Crippen LogP contribution in [0.4, 0.5) is 0 Å². The van der Waals surface area contributed by atoms with Crippen LogP contribution in [-0.4, -0.2) is 11.9 Å². The fourth-order valence-corrected chi connectivity index (χ4v) is 0.236. The molecule has 0 amide bonds. The first-order valence-electron chi connectivity index (χ1n) is 1.52. The Labute approximate surface area is 51.9 Å². The molecule has 0 spiro atoms. The van der Waals surface area contributed by atoms with Crippen LogP contribution in [0.2, 0.25) is 0 Å². The first-order valence-corrected chi connectivity index (χ1v) is 1.52. The fourth-order valence-electron chi connectivity index (χ4n) is 0.236. The summed E-state index contributed by atoms with van der Waals surface area (Å²) >= 11 is 0. The Morgan fingerprint density at radius 1 is 1.29 bits per heavy atom. The molecule has 0 saturated carbocycles. The average Bonchev–Trinajstić information content (AvgIpc) is 1.33. The third kappa shape index (κ3) is 1.33. The van der Waals surface area contributed by atoms with Gasteiger partial charge in [0, 0.05) is 18.6 Å². The molecule has 0 atom stereocenters. The van der Waals surface area contributed by atoms with E-state index in [0.29, 0.717) is 0 Å². The van der Waals surface area contributed by atoms with Gasteiger partial charge in [0.2, 0.25) is 0 Å². The molecular formula is C3H2O3V. The average molecular weight is 137 g/mol. The molecule has 0 aromatic carbocycles. The maximum atomic E-state index is 9.67. The van der Waals surface area contributed by atoms with Crippen LogP contribution >= 0.6 is 0 Å². The van der Waals surface area contributed by atoms with E-state index in [1.165, 1.54) is 0 Å². The Hall–Kier alpha value is -0.276. The molecule has 1 aliphatic rings. The Balaban J connectivity index is 0.000000360. The number of hydrogen-bond donors (Lipinski definition) is 0. The van der Waals surface area contributed by atoms with Crippen molar-refractivity contribution in [1.82, 2.24) is 0 Å². The quantitative estimate of drug-likeness (QED) is 0.332. The van der Waals surface area contributed by atoms with Crippen molar-refractivity contribution in [3.8, 4) is 0 Å². The third-order valence-corrected chi connectivity index (χ3v) is 0.516. The number of esters is 2. The van der Waals surface area contributed by atoms with Gasteiger partial charge in [-0.2, -0.15) is 0 Å². The summed E-state index contributed by atoms with van der Waals surface area (Å²) in [6.45, 7) is 0. The molecule has 1 heterocycles. The molecule has 4 heteroatoms. The van der Waals surface area contributed by atoms with Crippen molar-refractivity contribution < 1.29 is 32.9 Å². The predicted molar refractivity (Wildman–Crippen MR) is 15.7 cm³/mol. The van der Waals surface area contributed by atoms with Crippen LogP contribution in [0.5, 0.6) is 0 Å². The van der Waals surface area contributed by atoms with Gasteiger partial charge in [-0.1, -0.05) is 0 Å². The number of carbonyl (C=O) groups is 2. The second-order valence-corrected chi connectivity index (χ2v) is 1.02. The molecule has 0 N–H and O–H groups in total. The van der Waals surface area contributed by atoms with Crippen LogP contribution in [0.3, 0.4) is 0 Å². The molecule has 0 bridgehead atoms. The Morgan fingerprint density at radius 2 is 1.57 bits per heavy atom. The van der Waals surface area contributed by atoms with Gasteiger partial charge in [0.1, 0.15) is 6.42 Å². The fraction of sp³-hybridized carbons (Fsp3) is 0.333. The number of carbonyl (C=O) groups excluding carboxylic acids is 2. The van der Waals surface area contributed by atoms with E-state index in [-0.39, 0.29) is 25.0 Å². The molecule has 1 aliphatic heterocycles. The van der Waals surface area contributed by atoms with E-state index in [0.717, 1.165) is 0 Å². The van der Waals surface area contributed by atoms with E-state index in [4.69, 9.17) is 0 Å². The molecule has 0 aromatic rings.